The van der Waals surface area contributed by atoms with Gasteiger partial charge in [0.05, 0.1) is 5.56 Å². The molecule has 0 amide bonds. The highest BCUT2D eigenvalue weighted by atomic mass is 32.2. The summed E-state index contributed by atoms with van der Waals surface area (Å²) in [7, 11) is 0. The summed E-state index contributed by atoms with van der Waals surface area (Å²) in [4.78, 5) is 0.310. The zero-order valence-corrected chi connectivity index (χ0v) is 11.4. The van der Waals surface area contributed by atoms with Crippen LogP contribution in [0.2, 0.25) is 0 Å². The molecule has 0 radical (unpaired) electrons. The molecule has 0 atom stereocenters. The Kier molecular flexibility index (Phi) is 5.53. The number of benzene rings is 1. The summed E-state index contributed by atoms with van der Waals surface area (Å²) in [5.41, 5.74) is 6.16. The molecule has 102 valence electrons. The van der Waals surface area contributed by atoms with E-state index in [2.05, 4.69) is 0 Å². The number of unbranched alkanes of at least 4 members (excludes halogenated alkanes) is 1. The minimum absolute atomic E-state index is 0.303. The van der Waals surface area contributed by atoms with Crippen LogP contribution in [0, 0.1) is 6.92 Å². The van der Waals surface area contributed by atoms with Gasteiger partial charge in [-0.25, -0.2) is 0 Å². The van der Waals surface area contributed by atoms with Crippen molar-refractivity contribution in [2.45, 2.75) is 37.3 Å². The third kappa shape index (κ3) is 3.92. The molecular weight excluding hydrogens is 259 g/mol. The molecule has 5 heteroatoms. The van der Waals surface area contributed by atoms with Gasteiger partial charge in [-0.15, -0.1) is 11.8 Å². The van der Waals surface area contributed by atoms with Gasteiger partial charge in [-0.2, -0.15) is 13.2 Å². The average molecular weight is 277 g/mol. The molecule has 0 heterocycles. The Bertz CT molecular complexity index is 402. The van der Waals surface area contributed by atoms with Gasteiger partial charge in [-0.1, -0.05) is 6.07 Å². The molecule has 0 fully saturated rings. The number of aryl methyl sites for hydroxylation is 2. The second-order valence-electron chi connectivity index (χ2n) is 4.23. The number of rotatable bonds is 5. The molecule has 1 nitrogen and oxygen atoms in total. The summed E-state index contributed by atoms with van der Waals surface area (Å²) in [6, 6.07) is 3.29. The number of alkyl halides is 3. The van der Waals surface area contributed by atoms with Gasteiger partial charge in [0.2, 0.25) is 0 Å². The summed E-state index contributed by atoms with van der Waals surface area (Å²) in [5, 5.41) is 0. The second-order valence-corrected chi connectivity index (χ2v) is 5.08. The van der Waals surface area contributed by atoms with Crippen LogP contribution in [0.3, 0.4) is 0 Å². The van der Waals surface area contributed by atoms with Crippen LogP contribution in [-0.4, -0.2) is 12.8 Å². The van der Waals surface area contributed by atoms with Crippen LogP contribution in [0.5, 0.6) is 0 Å². The van der Waals surface area contributed by atoms with Crippen LogP contribution in [0.1, 0.15) is 29.5 Å². The molecule has 1 rings (SSSR count). The second kappa shape index (κ2) is 6.48. The third-order valence-electron chi connectivity index (χ3n) is 2.78. The quantitative estimate of drug-likeness (QED) is 0.650. The fraction of sp³-hybridized carbons (Fsp3) is 0.538. The van der Waals surface area contributed by atoms with Gasteiger partial charge >= 0.3 is 6.18 Å². The molecule has 0 saturated carbocycles. The Morgan fingerprint density at radius 3 is 2.39 bits per heavy atom. The zero-order valence-electron chi connectivity index (χ0n) is 10.6. The fourth-order valence-corrected chi connectivity index (χ4v) is 2.72. The van der Waals surface area contributed by atoms with Gasteiger partial charge in [0.1, 0.15) is 0 Å². The highest BCUT2D eigenvalue weighted by Gasteiger charge is 2.35. The molecule has 1 aromatic rings. The van der Waals surface area contributed by atoms with Crippen molar-refractivity contribution >= 4 is 11.8 Å². The summed E-state index contributed by atoms with van der Waals surface area (Å²) < 4.78 is 38.7. The summed E-state index contributed by atoms with van der Waals surface area (Å²) >= 11 is 1.15. The Hall–Kier alpha value is -0.680. The molecule has 1 aromatic carbocycles. The van der Waals surface area contributed by atoms with Crippen LogP contribution in [0.15, 0.2) is 17.0 Å². The average Bonchev–Trinajstić information content (AvgIpc) is 2.26. The smallest absolute Gasteiger partial charge is 0.330 e. The first-order chi connectivity index (χ1) is 8.40. The maximum Gasteiger partial charge on any atom is 0.417 e. The van der Waals surface area contributed by atoms with E-state index in [0.717, 1.165) is 36.6 Å². The normalized spacial score (nSPS) is 11.9. The summed E-state index contributed by atoms with van der Waals surface area (Å²) in [6.07, 6.45) is -0.0145. The van der Waals surface area contributed by atoms with E-state index in [0.29, 0.717) is 17.0 Å². The highest BCUT2D eigenvalue weighted by Crippen LogP contribution is 2.39. The maximum atomic E-state index is 12.9. The van der Waals surface area contributed by atoms with E-state index < -0.39 is 11.7 Å². The minimum Gasteiger partial charge on any atom is -0.330 e. The lowest BCUT2D eigenvalue weighted by molar-refractivity contribution is -0.140. The van der Waals surface area contributed by atoms with Crippen molar-refractivity contribution < 1.29 is 13.2 Å². The fourth-order valence-electron chi connectivity index (χ4n) is 1.97. The molecule has 0 aliphatic rings. The molecule has 18 heavy (non-hydrogen) atoms. The summed E-state index contributed by atoms with van der Waals surface area (Å²) in [5.74, 6) is 0. The van der Waals surface area contributed by atoms with Crippen molar-refractivity contribution in [2.75, 3.05) is 12.8 Å². The van der Waals surface area contributed by atoms with Crippen molar-refractivity contribution in [1.82, 2.24) is 0 Å². The van der Waals surface area contributed by atoms with Crippen LogP contribution in [0.25, 0.3) is 0 Å². The van der Waals surface area contributed by atoms with Gasteiger partial charge in [0, 0.05) is 4.90 Å². The lowest BCUT2D eigenvalue weighted by atomic mass is 10.0. The molecule has 0 saturated heterocycles. The van der Waals surface area contributed by atoms with Crippen LogP contribution >= 0.6 is 11.8 Å². The maximum absolute atomic E-state index is 12.9. The van der Waals surface area contributed by atoms with Crippen LogP contribution in [0.4, 0.5) is 13.2 Å². The molecule has 2 N–H and O–H groups in total. The number of hydrogen-bond donors (Lipinski definition) is 1. The van der Waals surface area contributed by atoms with Gasteiger partial charge in [-0.3, -0.25) is 0 Å². The van der Waals surface area contributed by atoms with Crippen molar-refractivity contribution in [3.8, 4) is 0 Å². The van der Waals surface area contributed by atoms with Gasteiger partial charge in [0.15, 0.2) is 0 Å². The van der Waals surface area contributed by atoms with Crippen molar-refractivity contribution in [1.29, 1.82) is 0 Å². The van der Waals surface area contributed by atoms with E-state index >= 15 is 0 Å². The van der Waals surface area contributed by atoms with Gasteiger partial charge in [-0.05, 0) is 56.2 Å². The van der Waals surface area contributed by atoms with Gasteiger partial charge < -0.3 is 5.73 Å². The van der Waals surface area contributed by atoms with E-state index in [9.17, 15) is 13.2 Å². The van der Waals surface area contributed by atoms with Crippen molar-refractivity contribution in [2.24, 2.45) is 5.73 Å². The van der Waals surface area contributed by atoms with E-state index in [1.54, 1.807) is 18.4 Å². The highest BCUT2D eigenvalue weighted by molar-refractivity contribution is 7.98. The first-order valence-electron chi connectivity index (χ1n) is 5.85. The van der Waals surface area contributed by atoms with E-state index in [1.807, 2.05) is 0 Å². The molecule has 0 spiro atoms. The third-order valence-corrected chi connectivity index (χ3v) is 3.54. The zero-order chi connectivity index (χ0) is 13.8. The molecule has 0 bridgehead atoms. The largest absolute Gasteiger partial charge is 0.417 e. The van der Waals surface area contributed by atoms with Crippen molar-refractivity contribution in [3.63, 3.8) is 0 Å². The lowest BCUT2D eigenvalue weighted by Gasteiger charge is -2.16. The molecule has 0 aliphatic heterocycles. The summed E-state index contributed by atoms with van der Waals surface area (Å²) in [6.45, 7) is 2.14. The Morgan fingerprint density at radius 2 is 1.89 bits per heavy atom. The van der Waals surface area contributed by atoms with Crippen LogP contribution < -0.4 is 5.73 Å². The van der Waals surface area contributed by atoms with Crippen molar-refractivity contribution in [3.05, 3.63) is 28.8 Å². The number of nitrogens with two attached hydrogens (primary N) is 1. The van der Waals surface area contributed by atoms with Crippen LogP contribution in [-0.2, 0) is 12.6 Å². The van der Waals surface area contributed by atoms with E-state index in [-0.39, 0.29) is 0 Å². The van der Waals surface area contributed by atoms with E-state index in [1.165, 1.54) is 6.92 Å². The molecular formula is C13H18F3NS. The predicted octanol–water partition coefficient (Wildman–Crippen LogP) is 4.02. The monoisotopic (exact) mass is 277 g/mol. The number of thioether (sulfide) groups is 1. The SMILES string of the molecule is CSc1cc(CCCCN)cc(C)c1C(F)(F)F. The topological polar surface area (TPSA) is 26.0 Å². The predicted molar refractivity (Wildman–Crippen MR) is 70.0 cm³/mol. The van der Waals surface area contributed by atoms with Gasteiger partial charge in [0.25, 0.3) is 0 Å². The Morgan fingerprint density at radius 1 is 1.22 bits per heavy atom. The van der Waals surface area contributed by atoms with E-state index in [4.69, 9.17) is 5.73 Å². The molecule has 0 unspecified atom stereocenters. The first-order valence-corrected chi connectivity index (χ1v) is 7.07. The Balaban J connectivity index is 3.03. The molecule has 0 aromatic heterocycles. The standard InChI is InChI=1S/C13H18F3NS/c1-9-7-10(5-3-4-6-17)8-11(18-2)12(9)13(14,15)16/h7-8H,3-6,17H2,1-2H3. The number of hydrogen-bond acceptors (Lipinski definition) is 2. The Labute approximate surface area is 110 Å². The number of halogens is 3. The first kappa shape index (κ1) is 15.4. The lowest BCUT2D eigenvalue weighted by Crippen LogP contribution is -2.10. The molecule has 0 aliphatic carbocycles. The minimum atomic E-state index is -4.28.